The lowest BCUT2D eigenvalue weighted by Gasteiger charge is -2.16. The fourth-order valence-corrected chi connectivity index (χ4v) is 5.03. The Morgan fingerprint density at radius 1 is 0.686 bits per heavy atom. The SMILES string of the molecule is C1=CNC(c2cccc(-c3ccc(-c4c5ccccc5cc5c4oc4ccccc45)cc3)n2)C=C1. The van der Waals surface area contributed by atoms with Gasteiger partial charge in [-0.2, -0.15) is 0 Å². The number of benzene rings is 4. The summed E-state index contributed by atoms with van der Waals surface area (Å²) < 4.78 is 6.41. The molecule has 0 amide bonds. The normalized spacial score (nSPS) is 15.1. The van der Waals surface area contributed by atoms with Gasteiger partial charge in [-0.1, -0.05) is 84.9 Å². The van der Waals surface area contributed by atoms with Gasteiger partial charge in [-0.25, -0.2) is 0 Å². The molecular weight excluding hydrogens is 428 g/mol. The molecule has 0 bridgehead atoms. The van der Waals surface area contributed by atoms with Crippen LogP contribution in [0.2, 0.25) is 0 Å². The highest BCUT2D eigenvalue weighted by atomic mass is 16.3. The summed E-state index contributed by atoms with van der Waals surface area (Å²) in [5.41, 5.74) is 7.17. The van der Waals surface area contributed by atoms with Gasteiger partial charge in [0.15, 0.2) is 0 Å². The molecule has 3 heterocycles. The van der Waals surface area contributed by atoms with Gasteiger partial charge in [-0.05, 0) is 52.9 Å². The number of hydrogen-bond acceptors (Lipinski definition) is 3. The summed E-state index contributed by atoms with van der Waals surface area (Å²) in [6.07, 6.45) is 8.11. The zero-order chi connectivity index (χ0) is 23.2. The number of dihydropyridines is 1. The van der Waals surface area contributed by atoms with E-state index in [1.54, 1.807) is 0 Å². The summed E-state index contributed by atoms with van der Waals surface area (Å²) in [6, 6.07) is 34.0. The Morgan fingerprint density at radius 3 is 2.34 bits per heavy atom. The van der Waals surface area contributed by atoms with Crippen molar-refractivity contribution in [2.75, 3.05) is 0 Å². The molecule has 166 valence electrons. The van der Waals surface area contributed by atoms with E-state index in [4.69, 9.17) is 9.40 Å². The van der Waals surface area contributed by atoms with Crippen molar-refractivity contribution in [3.8, 4) is 22.4 Å². The smallest absolute Gasteiger partial charge is 0.143 e. The summed E-state index contributed by atoms with van der Waals surface area (Å²) in [4.78, 5) is 4.93. The van der Waals surface area contributed by atoms with Gasteiger partial charge in [-0.3, -0.25) is 4.98 Å². The van der Waals surface area contributed by atoms with Gasteiger partial charge in [-0.15, -0.1) is 0 Å². The van der Waals surface area contributed by atoms with E-state index < -0.39 is 0 Å². The van der Waals surface area contributed by atoms with E-state index in [-0.39, 0.29) is 6.04 Å². The number of rotatable bonds is 3. The summed E-state index contributed by atoms with van der Waals surface area (Å²) >= 11 is 0. The minimum atomic E-state index is 0.0938. The second kappa shape index (κ2) is 8.00. The molecule has 3 heteroatoms. The van der Waals surface area contributed by atoms with Crippen LogP contribution in [-0.2, 0) is 0 Å². The van der Waals surface area contributed by atoms with Gasteiger partial charge < -0.3 is 9.73 Å². The Balaban J connectivity index is 1.36. The summed E-state index contributed by atoms with van der Waals surface area (Å²) in [7, 11) is 0. The summed E-state index contributed by atoms with van der Waals surface area (Å²) in [5.74, 6) is 0. The van der Waals surface area contributed by atoms with Crippen molar-refractivity contribution in [2.24, 2.45) is 0 Å². The van der Waals surface area contributed by atoms with Crippen molar-refractivity contribution in [3.05, 3.63) is 127 Å². The molecule has 1 N–H and O–H groups in total. The van der Waals surface area contributed by atoms with Crippen molar-refractivity contribution in [3.63, 3.8) is 0 Å². The molecule has 1 atom stereocenters. The van der Waals surface area contributed by atoms with Gasteiger partial charge in [0.25, 0.3) is 0 Å². The first-order valence-corrected chi connectivity index (χ1v) is 11.9. The van der Waals surface area contributed by atoms with Gasteiger partial charge in [0, 0.05) is 21.9 Å². The lowest BCUT2D eigenvalue weighted by atomic mass is 9.94. The zero-order valence-corrected chi connectivity index (χ0v) is 19.0. The Hall–Kier alpha value is -4.63. The molecule has 0 fully saturated rings. The number of furan rings is 1. The van der Waals surface area contributed by atoms with E-state index in [0.717, 1.165) is 50.0 Å². The first-order chi connectivity index (χ1) is 17.3. The van der Waals surface area contributed by atoms with Crippen molar-refractivity contribution >= 4 is 32.7 Å². The molecule has 3 nitrogen and oxygen atoms in total. The van der Waals surface area contributed by atoms with E-state index in [1.807, 2.05) is 30.5 Å². The third-order valence-electron chi connectivity index (χ3n) is 6.74. The average Bonchev–Trinajstić information content (AvgIpc) is 3.30. The van der Waals surface area contributed by atoms with Gasteiger partial charge in [0.1, 0.15) is 11.2 Å². The van der Waals surface area contributed by atoms with Gasteiger partial charge in [0.2, 0.25) is 0 Å². The zero-order valence-electron chi connectivity index (χ0n) is 19.0. The molecule has 0 spiro atoms. The molecule has 35 heavy (non-hydrogen) atoms. The van der Waals surface area contributed by atoms with Crippen LogP contribution in [-0.4, -0.2) is 4.98 Å². The Morgan fingerprint density at radius 2 is 1.49 bits per heavy atom. The molecular formula is C32H22N2O. The van der Waals surface area contributed by atoms with Crippen LogP contribution in [0.1, 0.15) is 11.7 Å². The number of hydrogen-bond donors (Lipinski definition) is 1. The molecule has 1 aliphatic heterocycles. The van der Waals surface area contributed by atoms with E-state index in [0.29, 0.717) is 0 Å². The number of nitrogens with one attached hydrogen (secondary N) is 1. The third-order valence-corrected chi connectivity index (χ3v) is 6.74. The molecule has 0 saturated carbocycles. The third kappa shape index (κ3) is 3.32. The molecule has 4 aromatic carbocycles. The summed E-state index contributed by atoms with van der Waals surface area (Å²) in [6.45, 7) is 0. The molecule has 1 aliphatic rings. The molecule has 0 radical (unpaired) electrons. The highest BCUT2D eigenvalue weighted by Gasteiger charge is 2.16. The molecule has 7 rings (SSSR count). The maximum absolute atomic E-state index is 6.41. The largest absolute Gasteiger partial charge is 0.455 e. The van der Waals surface area contributed by atoms with E-state index in [2.05, 4.69) is 96.3 Å². The molecule has 0 saturated heterocycles. The number of nitrogens with zero attached hydrogens (tertiary/aromatic N) is 1. The Bertz CT molecular complexity index is 1770. The van der Waals surface area contributed by atoms with Gasteiger partial charge in [0.05, 0.1) is 17.4 Å². The Kier molecular flexibility index (Phi) is 4.52. The first-order valence-electron chi connectivity index (χ1n) is 11.9. The van der Waals surface area contributed by atoms with Crippen molar-refractivity contribution in [1.29, 1.82) is 0 Å². The lowest BCUT2D eigenvalue weighted by molar-refractivity contribution is 0.670. The van der Waals surface area contributed by atoms with E-state index in [1.165, 1.54) is 10.8 Å². The quantitative estimate of drug-likeness (QED) is 0.295. The van der Waals surface area contributed by atoms with Crippen LogP contribution in [0.5, 0.6) is 0 Å². The second-order valence-electron chi connectivity index (χ2n) is 8.86. The number of aromatic nitrogens is 1. The molecule has 2 aromatic heterocycles. The maximum atomic E-state index is 6.41. The predicted octanol–water partition coefficient (Wildman–Crippen LogP) is 8.18. The van der Waals surface area contributed by atoms with Crippen LogP contribution in [0.4, 0.5) is 0 Å². The van der Waals surface area contributed by atoms with Crippen molar-refractivity contribution < 1.29 is 4.42 Å². The van der Waals surface area contributed by atoms with Crippen LogP contribution in [0, 0.1) is 0 Å². The number of allylic oxidation sites excluding steroid dienone is 2. The summed E-state index contributed by atoms with van der Waals surface area (Å²) in [5, 5.41) is 8.04. The standard InChI is InChI=1S/C32H22N2O/c1-2-9-24-23(8-1)20-26-25-10-3-4-14-30(25)35-32(26)31(24)22-17-15-21(16-18-22)27-12-7-13-29(34-27)28-11-5-6-19-33-28/h1-20,28,33H. The number of fused-ring (bicyclic) bond motifs is 4. The second-order valence-corrected chi connectivity index (χ2v) is 8.86. The van der Waals surface area contributed by atoms with E-state index >= 15 is 0 Å². The average molecular weight is 451 g/mol. The van der Waals surface area contributed by atoms with E-state index in [9.17, 15) is 0 Å². The number of pyridine rings is 1. The topological polar surface area (TPSA) is 38.1 Å². The minimum Gasteiger partial charge on any atom is -0.455 e. The first kappa shape index (κ1) is 19.8. The number of para-hydroxylation sites is 1. The van der Waals surface area contributed by atoms with Crippen LogP contribution in [0.15, 0.2) is 126 Å². The highest BCUT2D eigenvalue weighted by molar-refractivity contribution is 6.18. The molecule has 6 aromatic rings. The predicted molar refractivity (Wildman–Crippen MR) is 144 cm³/mol. The maximum Gasteiger partial charge on any atom is 0.143 e. The Labute approximate surface area is 203 Å². The van der Waals surface area contributed by atoms with Crippen LogP contribution < -0.4 is 5.32 Å². The van der Waals surface area contributed by atoms with Crippen LogP contribution in [0.25, 0.3) is 55.1 Å². The lowest BCUT2D eigenvalue weighted by Crippen LogP contribution is -2.16. The van der Waals surface area contributed by atoms with Crippen LogP contribution >= 0.6 is 0 Å². The van der Waals surface area contributed by atoms with Crippen molar-refractivity contribution in [1.82, 2.24) is 10.3 Å². The minimum absolute atomic E-state index is 0.0938. The molecule has 1 unspecified atom stereocenters. The fourth-order valence-electron chi connectivity index (χ4n) is 5.03. The van der Waals surface area contributed by atoms with Crippen molar-refractivity contribution in [2.45, 2.75) is 6.04 Å². The molecule has 0 aliphatic carbocycles. The van der Waals surface area contributed by atoms with Crippen LogP contribution in [0.3, 0.4) is 0 Å². The van der Waals surface area contributed by atoms with Gasteiger partial charge >= 0.3 is 0 Å². The highest BCUT2D eigenvalue weighted by Crippen LogP contribution is 2.41. The monoisotopic (exact) mass is 450 g/mol. The fraction of sp³-hybridized carbons (Fsp3) is 0.0312.